The van der Waals surface area contributed by atoms with Gasteiger partial charge < -0.3 is 10.6 Å². The molecule has 0 saturated heterocycles. The summed E-state index contributed by atoms with van der Waals surface area (Å²) in [4.78, 5) is 9.60. The molecule has 30 heavy (non-hydrogen) atoms. The molecule has 1 aromatic carbocycles. The zero-order valence-corrected chi connectivity index (χ0v) is 17.9. The maximum absolute atomic E-state index is 9.01. The topological polar surface area (TPSA) is 97.4 Å². The number of rotatable bonds is 5. The number of nitrogens with zero attached hydrogens (tertiary/aromatic N) is 4. The molecule has 4 aromatic rings. The van der Waals surface area contributed by atoms with Crippen LogP contribution >= 0.6 is 22.7 Å². The van der Waals surface area contributed by atoms with E-state index in [-0.39, 0.29) is 0 Å². The smallest absolute Gasteiger partial charge is 0.229 e. The highest BCUT2D eigenvalue weighted by Crippen LogP contribution is 2.36. The fourth-order valence-corrected chi connectivity index (χ4v) is 5.19. The van der Waals surface area contributed by atoms with E-state index in [0.717, 1.165) is 36.8 Å². The van der Waals surface area contributed by atoms with E-state index in [2.05, 4.69) is 26.7 Å². The molecule has 0 spiro atoms. The van der Waals surface area contributed by atoms with Gasteiger partial charge in [-0.1, -0.05) is 0 Å². The first-order valence-electron chi connectivity index (χ1n) is 9.03. The molecule has 0 fully saturated rings. The molecular formula is C22H16N6S2. The standard InChI is InChI=1S/C22H16N6S2/c1-13-8-15(4-3-6-23)9-14(2)21(13)26-19-5-7-25-22(27-19)28-20-11-18-17(30-20)10-16(12-24)29-18/h3-5,7-11H,1-2H3,(H2,25,26,27,28)/b4-3+. The van der Waals surface area contributed by atoms with Crippen LogP contribution in [0.5, 0.6) is 0 Å². The van der Waals surface area contributed by atoms with Crippen LogP contribution in [0, 0.1) is 36.5 Å². The van der Waals surface area contributed by atoms with Crippen LogP contribution in [0.3, 0.4) is 0 Å². The van der Waals surface area contributed by atoms with Crippen LogP contribution in [0.15, 0.2) is 42.6 Å². The van der Waals surface area contributed by atoms with Gasteiger partial charge in [0.15, 0.2) is 0 Å². The highest BCUT2D eigenvalue weighted by molar-refractivity contribution is 7.30. The minimum Gasteiger partial charge on any atom is -0.340 e. The number of hydrogen-bond donors (Lipinski definition) is 2. The van der Waals surface area contributed by atoms with Gasteiger partial charge in [-0.15, -0.1) is 22.7 Å². The largest absolute Gasteiger partial charge is 0.340 e. The third-order valence-electron chi connectivity index (χ3n) is 4.37. The lowest BCUT2D eigenvalue weighted by Gasteiger charge is -2.14. The van der Waals surface area contributed by atoms with Crippen LogP contribution < -0.4 is 10.6 Å². The fraction of sp³-hybridized carbons (Fsp3) is 0.0909. The maximum atomic E-state index is 9.01. The van der Waals surface area contributed by atoms with Crippen LogP contribution in [-0.2, 0) is 0 Å². The molecule has 6 nitrogen and oxygen atoms in total. The van der Waals surface area contributed by atoms with Crippen molar-refractivity contribution in [2.75, 3.05) is 10.6 Å². The Morgan fingerprint density at radius 2 is 1.77 bits per heavy atom. The molecule has 0 bridgehead atoms. The van der Waals surface area contributed by atoms with Gasteiger partial charge in [-0.05, 0) is 66.9 Å². The van der Waals surface area contributed by atoms with Crippen LogP contribution in [-0.4, -0.2) is 9.97 Å². The number of hydrogen-bond acceptors (Lipinski definition) is 8. The molecule has 0 saturated carbocycles. The number of aryl methyl sites for hydroxylation is 2. The predicted octanol–water partition coefficient (Wildman–Crippen LogP) is 6.27. The second-order valence-electron chi connectivity index (χ2n) is 6.57. The minimum absolute atomic E-state index is 0.498. The van der Waals surface area contributed by atoms with Gasteiger partial charge in [0, 0.05) is 27.4 Å². The van der Waals surface area contributed by atoms with E-state index < -0.39 is 0 Å². The Bertz CT molecular complexity index is 1300. The quantitative estimate of drug-likeness (QED) is 0.364. The number of nitriles is 2. The minimum atomic E-state index is 0.498. The highest BCUT2D eigenvalue weighted by Gasteiger charge is 2.10. The zero-order chi connectivity index (χ0) is 21.1. The first-order chi connectivity index (χ1) is 14.6. The average molecular weight is 429 g/mol. The second-order valence-corrected chi connectivity index (χ2v) is 8.74. The molecule has 0 atom stereocenters. The maximum Gasteiger partial charge on any atom is 0.229 e. The van der Waals surface area contributed by atoms with Crippen molar-refractivity contribution in [2.24, 2.45) is 0 Å². The van der Waals surface area contributed by atoms with Gasteiger partial charge in [-0.3, -0.25) is 0 Å². The van der Waals surface area contributed by atoms with Crippen molar-refractivity contribution in [2.45, 2.75) is 13.8 Å². The molecule has 0 aliphatic carbocycles. The fourth-order valence-electron chi connectivity index (χ4n) is 3.10. The number of anilines is 4. The van der Waals surface area contributed by atoms with Crippen molar-refractivity contribution in [1.82, 2.24) is 9.97 Å². The van der Waals surface area contributed by atoms with E-state index in [0.29, 0.717) is 16.6 Å². The Balaban J connectivity index is 1.54. The lowest BCUT2D eigenvalue weighted by Crippen LogP contribution is -2.02. The first-order valence-corrected chi connectivity index (χ1v) is 10.7. The zero-order valence-electron chi connectivity index (χ0n) is 16.2. The molecule has 3 aromatic heterocycles. The summed E-state index contributed by atoms with van der Waals surface area (Å²) in [5.74, 6) is 1.18. The lowest BCUT2D eigenvalue weighted by molar-refractivity contribution is 1.16. The second kappa shape index (κ2) is 8.34. The molecule has 0 amide bonds. The number of benzene rings is 1. The van der Waals surface area contributed by atoms with Crippen molar-refractivity contribution >= 4 is 60.6 Å². The third-order valence-corrected chi connectivity index (χ3v) is 6.48. The Labute approximate surface area is 181 Å². The highest BCUT2D eigenvalue weighted by atomic mass is 32.1. The Kier molecular flexibility index (Phi) is 5.44. The summed E-state index contributed by atoms with van der Waals surface area (Å²) in [6.45, 7) is 4.04. The first kappa shape index (κ1) is 19.6. The van der Waals surface area contributed by atoms with Crippen molar-refractivity contribution in [3.05, 3.63) is 64.2 Å². The van der Waals surface area contributed by atoms with Crippen LogP contribution in [0.4, 0.5) is 22.5 Å². The van der Waals surface area contributed by atoms with Gasteiger partial charge in [-0.2, -0.15) is 15.5 Å². The summed E-state index contributed by atoms with van der Waals surface area (Å²) >= 11 is 3.05. The Morgan fingerprint density at radius 1 is 1.00 bits per heavy atom. The van der Waals surface area contributed by atoms with E-state index in [1.54, 1.807) is 23.6 Å². The normalized spacial score (nSPS) is 10.8. The van der Waals surface area contributed by atoms with E-state index >= 15 is 0 Å². The van der Waals surface area contributed by atoms with Crippen LogP contribution in [0.1, 0.15) is 21.6 Å². The monoisotopic (exact) mass is 428 g/mol. The van der Waals surface area contributed by atoms with E-state index in [1.165, 1.54) is 17.4 Å². The van der Waals surface area contributed by atoms with Gasteiger partial charge in [0.1, 0.15) is 16.8 Å². The van der Waals surface area contributed by atoms with E-state index in [9.17, 15) is 0 Å². The van der Waals surface area contributed by atoms with Crippen molar-refractivity contribution in [1.29, 1.82) is 10.5 Å². The summed E-state index contributed by atoms with van der Waals surface area (Å²) in [6, 6.07) is 14.0. The summed E-state index contributed by atoms with van der Waals surface area (Å²) in [7, 11) is 0. The van der Waals surface area contributed by atoms with Gasteiger partial charge in [0.05, 0.1) is 11.1 Å². The van der Waals surface area contributed by atoms with Gasteiger partial charge >= 0.3 is 0 Å². The molecule has 0 aliphatic rings. The predicted molar refractivity (Wildman–Crippen MR) is 124 cm³/mol. The molecule has 2 N–H and O–H groups in total. The number of thiophene rings is 2. The van der Waals surface area contributed by atoms with Crippen LogP contribution in [0.25, 0.3) is 15.5 Å². The molecule has 0 unspecified atom stereocenters. The summed E-state index contributed by atoms with van der Waals surface area (Å²) in [6.07, 6.45) is 4.97. The molecule has 8 heteroatoms. The van der Waals surface area contributed by atoms with Gasteiger partial charge in [0.25, 0.3) is 0 Å². The van der Waals surface area contributed by atoms with E-state index in [1.807, 2.05) is 50.2 Å². The van der Waals surface area contributed by atoms with Crippen molar-refractivity contribution in [3.63, 3.8) is 0 Å². The number of allylic oxidation sites excluding steroid dienone is 1. The number of nitrogens with one attached hydrogen (secondary N) is 2. The number of aromatic nitrogens is 2. The molecule has 4 rings (SSSR count). The number of fused-ring (bicyclic) bond motifs is 1. The Morgan fingerprint density at radius 3 is 2.47 bits per heavy atom. The summed E-state index contributed by atoms with van der Waals surface area (Å²) in [5, 5.41) is 25.3. The van der Waals surface area contributed by atoms with Gasteiger partial charge in [-0.25, -0.2) is 4.98 Å². The molecule has 0 aliphatic heterocycles. The molecular weight excluding hydrogens is 412 g/mol. The molecule has 146 valence electrons. The van der Waals surface area contributed by atoms with Crippen LogP contribution in [0.2, 0.25) is 0 Å². The molecule has 3 heterocycles. The molecule has 0 radical (unpaired) electrons. The van der Waals surface area contributed by atoms with E-state index in [4.69, 9.17) is 10.5 Å². The summed E-state index contributed by atoms with van der Waals surface area (Å²) < 4.78 is 2.15. The van der Waals surface area contributed by atoms with Crippen molar-refractivity contribution in [3.8, 4) is 12.1 Å². The van der Waals surface area contributed by atoms with Gasteiger partial charge in [0.2, 0.25) is 5.95 Å². The van der Waals surface area contributed by atoms with Crippen molar-refractivity contribution < 1.29 is 0 Å². The average Bonchev–Trinajstić information content (AvgIpc) is 3.27. The lowest BCUT2D eigenvalue weighted by atomic mass is 10.0. The Hall–Kier alpha value is -3.72. The SMILES string of the molecule is Cc1cc(/C=C/C#N)cc(C)c1Nc1ccnc(Nc2cc3sc(C#N)cc3s2)n1. The summed E-state index contributed by atoms with van der Waals surface area (Å²) in [5.41, 5.74) is 4.09. The third kappa shape index (κ3) is 4.15.